The smallest absolute Gasteiger partial charge is 0.237 e. The van der Waals surface area contributed by atoms with Gasteiger partial charge in [0.25, 0.3) is 0 Å². The van der Waals surface area contributed by atoms with Crippen molar-refractivity contribution in [2.75, 3.05) is 13.1 Å². The van der Waals surface area contributed by atoms with Crippen molar-refractivity contribution >= 4 is 11.8 Å². The highest BCUT2D eigenvalue weighted by atomic mass is 19.1. The molecule has 1 aliphatic carbocycles. The second kappa shape index (κ2) is 6.89. The molecule has 2 amide bonds. The zero-order valence-electron chi connectivity index (χ0n) is 14.0. The van der Waals surface area contributed by atoms with Gasteiger partial charge >= 0.3 is 0 Å². The minimum Gasteiger partial charge on any atom is -0.353 e. The fourth-order valence-corrected chi connectivity index (χ4v) is 3.44. The molecule has 2 fully saturated rings. The molecule has 1 aromatic rings. The minimum atomic E-state index is -0.509. The van der Waals surface area contributed by atoms with Gasteiger partial charge < -0.3 is 10.6 Å². The van der Waals surface area contributed by atoms with Crippen molar-refractivity contribution < 1.29 is 14.0 Å². The van der Waals surface area contributed by atoms with Crippen LogP contribution < -0.4 is 10.6 Å². The van der Waals surface area contributed by atoms with Gasteiger partial charge in [-0.1, -0.05) is 12.1 Å². The van der Waals surface area contributed by atoms with E-state index < -0.39 is 6.04 Å². The quantitative estimate of drug-likeness (QED) is 0.860. The number of nitrogens with zero attached hydrogens (tertiary/aromatic N) is 1. The van der Waals surface area contributed by atoms with E-state index in [2.05, 4.69) is 10.6 Å². The molecule has 2 N–H and O–H groups in total. The Morgan fingerprint density at radius 3 is 2.92 bits per heavy atom. The minimum absolute atomic E-state index is 0.0940. The maximum absolute atomic E-state index is 13.4. The monoisotopic (exact) mass is 333 g/mol. The third-order valence-electron chi connectivity index (χ3n) is 4.99. The second-order valence-electron chi connectivity index (χ2n) is 7.07. The van der Waals surface area contributed by atoms with Gasteiger partial charge in [-0.2, -0.15) is 0 Å². The third-order valence-corrected chi connectivity index (χ3v) is 4.99. The van der Waals surface area contributed by atoms with E-state index in [1.807, 2.05) is 17.9 Å². The summed E-state index contributed by atoms with van der Waals surface area (Å²) < 4.78 is 13.4. The Morgan fingerprint density at radius 1 is 1.46 bits per heavy atom. The number of carbonyl (C=O) groups excluding carboxylic acids is 2. The molecule has 0 bridgehead atoms. The van der Waals surface area contributed by atoms with Gasteiger partial charge in [0, 0.05) is 25.2 Å². The highest BCUT2D eigenvalue weighted by Crippen LogP contribution is 2.31. The van der Waals surface area contributed by atoms with Gasteiger partial charge in [-0.25, -0.2) is 4.39 Å². The van der Waals surface area contributed by atoms with Crippen LogP contribution in [0, 0.1) is 5.82 Å². The summed E-state index contributed by atoms with van der Waals surface area (Å²) in [5.41, 5.74) is 0.691. The van der Waals surface area contributed by atoms with Crippen molar-refractivity contribution in [1.82, 2.24) is 15.5 Å². The Hall–Kier alpha value is -1.95. The summed E-state index contributed by atoms with van der Waals surface area (Å²) in [5, 5.41) is 5.87. The molecule has 24 heavy (non-hydrogen) atoms. The first-order valence-electron chi connectivity index (χ1n) is 8.52. The largest absolute Gasteiger partial charge is 0.353 e. The molecule has 1 saturated carbocycles. The van der Waals surface area contributed by atoms with E-state index in [0.29, 0.717) is 19.6 Å². The number of benzene rings is 1. The van der Waals surface area contributed by atoms with Crippen LogP contribution in [-0.4, -0.2) is 41.4 Å². The Kier molecular flexibility index (Phi) is 4.85. The zero-order valence-corrected chi connectivity index (χ0v) is 14.0. The lowest BCUT2D eigenvalue weighted by molar-refractivity contribution is -0.135. The van der Waals surface area contributed by atoms with E-state index in [4.69, 9.17) is 0 Å². The van der Waals surface area contributed by atoms with Gasteiger partial charge in [0.05, 0.1) is 12.5 Å². The second-order valence-corrected chi connectivity index (χ2v) is 7.07. The van der Waals surface area contributed by atoms with Gasteiger partial charge in [0.2, 0.25) is 11.8 Å². The molecule has 0 spiro atoms. The van der Waals surface area contributed by atoms with Crippen LogP contribution in [0.3, 0.4) is 0 Å². The predicted octanol–water partition coefficient (Wildman–Crippen LogP) is 1.57. The van der Waals surface area contributed by atoms with Crippen LogP contribution in [0.4, 0.5) is 4.39 Å². The normalized spacial score (nSPS) is 23.2. The lowest BCUT2D eigenvalue weighted by atomic mass is 9.78. The molecule has 1 atom stereocenters. The molecule has 0 unspecified atom stereocenters. The summed E-state index contributed by atoms with van der Waals surface area (Å²) in [4.78, 5) is 26.5. The molecule has 2 aliphatic rings. The van der Waals surface area contributed by atoms with Crippen molar-refractivity contribution in [3.63, 3.8) is 0 Å². The molecule has 0 radical (unpaired) electrons. The fraction of sp³-hybridized carbons (Fsp3) is 0.556. The lowest BCUT2D eigenvalue weighted by Gasteiger charge is -2.40. The van der Waals surface area contributed by atoms with Gasteiger partial charge in [-0.3, -0.25) is 14.5 Å². The summed E-state index contributed by atoms with van der Waals surface area (Å²) in [7, 11) is 0. The maximum atomic E-state index is 13.4. The van der Waals surface area contributed by atoms with Crippen molar-refractivity contribution in [2.24, 2.45) is 0 Å². The summed E-state index contributed by atoms with van der Waals surface area (Å²) >= 11 is 0. The van der Waals surface area contributed by atoms with Crippen molar-refractivity contribution in [3.05, 3.63) is 35.6 Å². The number of nitrogens with one attached hydrogen (secondary N) is 2. The third kappa shape index (κ3) is 3.93. The van der Waals surface area contributed by atoms with Crippen molar-refractivity contribution in [1.29, 1.82) is 0 Å². The lowest BCUT2D eigenvalue weighted by Crippen LogP contribution is -2.58. The molecule has 0 aromatic heterocycles. The van der Waals surface area contributed by atoms with Crippen LogP contribution in [0.5, 0.6) is 0 Å². The Bertz CT molecular complexity index is 630. The summed E-state index contributed by atoms with van der Waals surface area (Å²) in [6.45, 7) is 3.70. The van der Waals surface area contributed by atoms with Gasteiger partial charge in [-0.15, -0.1) is 0 Å². The van der Waals surface area contributed by atoms with Crippen LogP contribution in [0.1, 0.15) is 38.2 Å². The van der Waals surface area contributed by atoms with Crippen LogP contribution in [0.15, 0.2) is 24.3 Å². The maximum Gasteiger partial charge on any atom is 0.237 e. The Balaban J connectivity index is 1.65. The van der Waals surface area contributed by atoms with E-state index in [1.54, 1.807) is 6.07 Å². The number of amides is 2. The van der Waals surface area contributed by atoms with Crippen LogP contribution in [0.25, 0.3) is 0 Å². The molecule has 1 aliphatic heterocycles. The first-order valence-corrected chi connectivity index (χ1v) is 8.52. The molecule has 1 heterocycles. The fourth-order valence-electron chi connectivity index (χ4n) is 3.44. The van der Waals surface area contributed by atoms with E-state index in [-0.39, 0.29) is 29.6 Å². The van der Waals surface area contributed by atoms with Gasteiger partial charge in [-0.05, 0) is 43.9 Å². The van der Waals surface area contributed by atoms with Crippen LogP contribution in [-0.2, 0) is 16.1 Å². The average Bonchev–Trinajstić information content (AvgIpc) is 2.49. The van der Waals surface area contributed by atoms with E-state index in [1.165, 1.54) is 12.1 Å². The Labute approximate surface area is 141 Å². The highest BCUT2D eigenvalue weighted by Gasteiger charge is 2.36. The molecule has 1 saturated heterocycles. The number of rotatable bonds is 5. The SMILES string of the molecule is CC1(NC(=O)C[C@H]2C(=O)NCCN2Cc2cccc(F)c2)CCC1. The molecular formula is C18H24FN3O2. The Morgan fingerprint density at radius 2 is 2.25 bits per heavy atom. The van der Waals surface area contributed by atoms with Crippen LogP contribution in [0.2, 0.25) is 0 Å². The van der Waals surface area contributed by atoms with Gasteiger partial charge in [0.1, 0.15) is 5.82 Å². The summed E-state index contributed by atoms with van der Waals surface area (Å²) in [6, 6.07) is 5.86. The number of hydrogen-bond acceptors (Lipinski definition) is 3. The van der Waals surface area contributed by atoms with Crippen molar-refractivity contribution in [3.8, 4) is 0 Å². The van der Waals surface area contributed by atoms with E-state index in [0.717, 1.165) is 24.8 Å². The van der Waals surface area contributed by atoms with E-state index in [9.17, 15) is 14.0 Å². The molecular weight excluding hydrogens is 309 g/mol. The predicted molar refractivity (Wildman–Crippen MR) is 88.6 cm³/mol. The number of halogens is 1. The van der Waals surface area contributed by atoms with Gasteiger partial charge in [0.15, 0.2) is 0 Å². The topological polar surface area (TPSA) is 61.4 Å². The molecule has 3 rings (SSSR count). The number of hydrogen-bond donors (Lipinski definition) is 2. The highest BCUT2D eigenvalue weighted by molar-refractivity contribution is 5.89. The first kappa shape index (κ1) is 16.9. The number of piperazine rings is 1. The van der Waals surface area contributed by atoms with Crippen molar-refractivity contribution in [2.45, 2.75) is 50.7 Å². The summed E-state index contributed by atoms with van der Waals surface area (Å²) in [5.74, 6) is -0.517. The summed E-state index contributed by atoms with van der Waals surface area (Å²) in [6.07, 6.45) is 3.24. The molecule has 5 nitrogen and oxygen atoms in total. The standard InChI is InChI=1S/C18H24FN3O2/c1-18(6-3-7-18)21-16(23)11-15-17(24)20-8-9-22(15)12-13-4-2-5-14(19)10-13/h2,4-5,10,15H,3,6-9,11-12H2,1H3,(H,20,24)(H,21,23)/t15-/m0/s1. The average molecular weight is 333 g/mol. The first-order chi connectivity index (χ1) is 11.5. The zero-order chi connectivity index (χ0) is 17.2. The number of carbonyl (C=O) groups is 2. The molecule has 1 aromatic carbocycles. The molecule has 6 heteroatoms. The molecule has 130 valence electrons. The van der Waals surface area contributed by atoms with E-state index >= 15 is 0 Å². The van der Waals surface area contributed by atoms with Crippen LogP contribution >= 0.6 is 0 Å².